The molecule has 384 valence electrons. The molecular formula is C52H75N7O7S4. The summed E-state index contributed by atoms with van der Waals surface area (Å²) in [5, 5.41) is 16.8. The zero-order chi connectivity index (χ0) is 47.6. The van der Waals surface area contributed by atoms with Crippen LogP contribution < -0.4 is 10.7 Å². The molecule has 4 heterocycles. The summed E-state index contributed by atoms with van der Waals surface area (Å²) in [5.74, 6) is -2.78. The van der Waals surface area contributed by atoms with Crippen LogP contribution in [0.3, 0.4) is 0 Å². The second-order valence-corrected chi connectivity index (χ2v) is 19.8. The lowest BCUT2D eigenvalue weighted by Gasteiger charge is -2.37. The van der Waals surface area contributed by atoms with Crippen LogP contribution in [0.1, 0.15) is 70.6 Å². The highest BCUT2D eigenvalue weighted by molar-refractivity contribution is 7.59. The molecule has 70 heavy (non-hydrogen) atoms. The van der Waals surface area contributed by atoms with E-state index in [1.807, 2.05) is 26.0 Å². The van der Waals surface area contributed by atoms with E-state index in [4.69, 9.17) is 4.74 Å². The number of hydrogen-bond donors (Lipinski definition) is 3. The van der Waals surface area contributed by atoms with E-state index >= 15 is 0 Å². The van der Waals surface area contributed by atoms with Crippen molar-refractivity contribution in [3.05, 3.63) is 90.0 Å². The highest BCUT2D eigenvalue weighted by Crippen LogP contribution is 2.41. The van der Waals surface area contributed by atoms with E-state index in [2.05, 4.69) is 98.1 Å². The zero-order valence-electron chi connectivity index (χ0n) is 41.9. The number of aromatic hydroxyl groups is 1. The van der Waals surface area contributed by atoms with Crippen LogP contribution in [-0.2, 0) is 54.6 Å². The molecule has 3 aliphatic heterocycles. The van der Waals surface area contributed by atoms with E-state index < -0.39 is 47.2 Å². The molecule has 18 heteroatoms. The third-order valence-corrected chi connectivity index (χ3v) is 13.2. The van der Waals surface area contributed by atoms with Gasteiger partial charge in [0.05, 0.1) is 18.2 Å². The van der Waals surface area contributed by atoms with Crippen LogP contribution in [0.5, 0.6) is 5.75 Å². The predicted molar refractivity (Wildman–Crippen MR) is 297 cm³/mol. The molecule has 4 aromatic rings. The molecule has 7 rings (SSSR count). The Hall–Kier alpha value is -4.59. The fourth-order valence-corrected chi connectivity index (χ4v) is 10.1. The molecule has 0 unspecified atom stereocenters. The SMILES string of the molecule is C=CC(=O)N1CC[C@H](C(=O)N(C)[C@H](C(=O)N[C@H]2Cc3cc(O)cc(c3)-c3ccc4c(c3)c(c(-c3cccc(CN(C)C)c3)n4CC)CC(C)(C)COC(=O)[C@@H]3CCCN(N3)C2=O)C(C)C)C1.S.S.S.S. The van der Waals surface area contributed by atoms with Crippen molar-refractivity contribution in [2.45, 2.75) is 97.9 Å². The number of carbonyl (C=O) groups is 5. The highest BCUT2D eigenvalue weighted by atomic mass is 32.1. The minimum atomic E-state index is -1.15. The van der Waals surface area contributed by atoms with Crippen molar-refractivity contribution >= 4 is 94.5 Å². The van der Waals surface area contributed by atoms with Crippen LogP contribution in [0.25, 0.3) is 33.3 Å². The average Bonchev–Trinajstić information content (AvgIpc) is 3.89. The Morgan fingerprint density at radius 1 is 0.957 bits per heavy atom. The Balaban J connectivity index is 0.00000324. The van der Waals surface area contributed by atoms with Gasteiger partial charge in [-0.1, -0.05) is 64.6 Å². The molecule has 14 nitrogen and oxygen atoms in total. The molecule has 4 amide bonds. The molecule has 3 N–H and O–H groups in total. The Labute approximate surface area is 441 Å². The molecule has 4 atom stereocenters. The average molecular weight is 1040 g/mol. The van der Waals surface area contributed by atoms with Crippen molar-refractivity contribution in [3.8, 4) is 28.1 Å². The van der Waals surface area contributed by atoms with Gasteiger partial charge in [-0.3, -0.25) is 29.0 Å². The van der Waals surface area contributed by atoms with E-state index in [9.17, 15) is 29.1 Å². The Morgan fingerprint density at radius 3 is 2.36 bits per heavy atom. The minimum absolute atomic E-state index is 0. The number of ether oxygens (including phenoxy) is 1. The minimum Gasteiger partial charge on any atom is -0.508 e. The van der Waals surface area contributed by atoms with E-state index in [0.717, 1.165) is 51.9 Å². The number of nitrogens with one attached hydrogen (secondary N) is 2. The maximum absolute atomic E-state index is 14.7. The van der Waals surface area contributed by atoms with E-state index in [1.165, 1.54) is 21.5 Å². The van der Waals surface area contributed by atoms with Gasteiger partial charge in [0.2, 0.25) is 17.7 Å². The first kappa shape index (κ1) is 59.7. The second kappa shape index (κ2) is 25.2. The number of cyclic esters (lactones) is 1. The first-order valence-corrected chi connectivity index (χ1v) is 23.3. The summed E-state index contributed by atoms with van der Waals surface area (Å²) in [6, 6.07) is 17.4. The number of likely N-dealkylation sites (tertiary alicyclic amines) is 1. The number of aromatic nitrogens is 1. The van der Waals surface area contributed by atoms with Crippen molar-refractivity contribution in [3.63, 3.8) is 0 Å². The lowest BCUT2D eigenvalue weighted by Crippen LogP contribution is -2.62. The standard InChI is InChI=1S/C52H67N7O7.4H2S/c1-10-45(61)57-21-19-37(30-57)49(63)56(9)46(32(3)4)48(62)53-43-25-34-23-38(26-39(60)24-34)35-17-18-44-40(27-35)41(47(58(44)11-2)36-15-12-14-33(22-36)29-55(7)8)28-52(5,6)31-66-51(65)42-16-13-20-59(54-42)50(43)64;;;;/h10,12,14-15,17-18,22-24,26-27,32,37,42-43,46,54,60H,1,11,13,16,19-21,25,28-31H2,2-9H3,(H,53,62);4*1H2/t37-,42-,43-,46-;;;;/m0..../s1. The molecule has 6 bridgehead atoms. The number of rotatable bonds is 10. The summed E-state index contributed by atoms with van der Waals surface area (Å²) in [7, 11) is 5.71. The van der Waals surface area contributed by atoms with Crippen molar-refractivity contribution < 1.29 is 33.8 Å². The predicted octanol–water partition coefficient (Wildman–Crippen LogP) is 6.38. The van der Waals surface area contributed by atoms with E-state index in [1.54, 1.807) is 24.1 Å². The monoisotopic (exact) mass is 1040 g/mol. The number of aryl methyl sites for hydroxylation is 1. The summed E-state index contributed by atoms with van der Waals surface area (Å²) >= 11 is 0. The molecule has 0 radical (unpaired) electrons. The molecule has 3 aromatic carbocycles. The Morgan fingerprint density at radius 2 is 1.69 bits per heavy atom. The number of likely N-dealkylation sites (N-methyl/N-ethyl adjacent to an activating group) is 1. The number of carbonyl (C=O) groups excluding carboxylic acids is 5. The molecule has 1 aromatic heterocycles. The van der Waals surface area contributed by atoms with Gasteiger partial charge in [0.25, 0.3) is 5.91 Å². The van der Waals surface area contributed by atoms with E-state index in [-0.39, 0.29) is 104 Å². The number of amides is 4. The fourth-order valence-electron chi connectivity index (χ4n) is 10.1. The van der Waals surface area contributed by atoms with Crippen LogP contribution >= 0.6 is 54.0 Å². The first-order valence-electron chi connectivity index (χ1n) is 23.3. The largest absolute Gasteiger partial charge is 0.508 e. The number of benzene rings is 3. The van der Waals surface area contributed by atoms with Crippen molar-refractivity contribution in [2.24, 2.45) is 17.3 Å². The van der Waals surface area contributed by atoms with Gasteiger partial charge in [0, 0.05) is 62.5 Å². The lowest BCUT2D eigenvalue weighted by molar-refractivity contribution is -0.155. The van der Waals surface area contributed by atoms with Gasteiger partial charge in [-0.25, -0.2) is 5.43 Å². The summed E-state index contributed by atoms with van der Waals surface area (Å²) < 4.78 is 8.47. The number of hydrogen-bond acceptors (Lipinski definition) is 9. The number of phenols is 1. The van der Waals surface area contributed by atoms with Crippen LogP contribution in [0.2, 0.25) is 0 Å². The smallest absolute Gasteiger partial charge is 0.324 e. The maximum Gasteiger partial charge on any atom is 0.324 e. The summed E-state index contributed by atoms with van der Waals surface area (Å²) in [5.41, 5.74) is 10.4. The van der Waals surface area contributed by atoms with Crippen molar-refractivity contribution in [1.29, 1.82) is 0 Å². The van der Waals surface area contributed by atoms with Crippen LogP contribution in [0, 0.1) is 17.3 Å². The molecule has 2 saturated heterocycles. The molecule has 0 aliphatic carbocycles. The Bertz CT molecular complexity index is 2530. The van der Waals surface area contributed by atoms with E-state index in [0.29, 0.717) is 37.8 Å². The number of esters is 1. The van der Waals surface area contributed by atoms with Crippen LogP contribution in [-0.4, -0.2) is 124 Å². The summed E-state index contributed by atoms with van der Waals surface area (Å²) in [4.78, 5) is 74.5. The molecule has 0 spiro atoms. The number of fused-ring (bicyclic) bond motifs is 6. The van der Waals surface area contributed by atoms with Gasteiger partial charge in [-0.2, -0.15) is 54.0 Å². The maximum atomic E-state index is 14.7. The lowest BCUT2D eigenvalue weighted by atomic mass is 9.84. The van der Waals surface area contributed by atoms with Gasteiger partial charge < -0.3 is 34.4 Å². The quantitative estimate of drug-likeness (QED) is 0.121. The van der Waals surface area contributed by atoms with Gasteiger partial charge in [0.15, 0.2) is 0 Å². The van der Waals surface area contributed by atoms with Gasteiger partial charge in [0.1, 0.15) is 23.9 Å². The molecule has 3 aliphatic rings. The second-order valence-electron chi connectivity index (χ2n) is 19.8. The van der Waals surface area contributed by atoms with Gasteiger partial charge >= 0.3 is 5.97 Å². The number of hydrazine groups is 1. The third-order valence-electron chi connectivity index (χ3n) is 13.2. The number of nitrogens with zero attached hydrogens (tertiary/aromatic N) is 5. The zero-order valence-corrected chi connectivity index (χ0v) is 45.9. The topological polar surface area (TPSA) is 157 Å². The van der Waals surface area contributed by atoms with Crippen LogP contribution in [0.4, 0.5) is 0 Å². The van der Waals surface area contributed by atoms with Gasteiger partial charge in [-0.15, -0.1) is 0 Å². The Kier molecular flexibility index (Phi) is 21.5. The molecular weight excluding hydrogens is 963 g/mol. The summed E-state index contributed by atoms with van der Waals surface area (Å²) in [6.45, 7) is 16.2. The number of phenolic OH excluding ortho intramolecular Hbond substituents is 1. The highest BCUT2D eigenvalue weighted by Gasteiger charge is 2.40. The fraction of sp³-hybridized carbons (Fsp3) is 0.481. The van der Waals surface area contributed by atoms with Crippen molar-refractivity contribution in [1.82, 2.24) is 35.0 Å². The normalized spacial score (nSPS) is 19.4. The molecule has 2 fully saturated rings. The van der Waals surface area contributed by atoms with Crippen LogP contribution in [0.15, 0.2) is 73.3 Å². The molecule has 0 saturated carbocycles. The van der Waals surface area contributed by atoms with Crippen molar-refractivity contribution in [2.75, 3.05) is 47.4 Å². The first-order chi connectivity index (χ1) is 31.4. The summed E-state index contributed by atoms with van der Waals surface area (Å²) in [6.07, 6.45) is 3.27. The van der Waals surface area contributed by atoms with Gasteiger partial charge in [-0.05, 0) is 122 Å². The third kappa shape index (κ3) is 13.3.